The lowest BCUT2D eigenvalue weighted by atomic mass is 9.87. The Morgan fingerprint density at radius 1 is 0.933 bits per heavy atom. The number of hydrazone groups is 1. The molecule has 0 unspecified atom stereocenters. The molecule has 0 aliphatic heterocycles. The average molecular weight is 409 g/mol. The van der Waals surface area contributed by atoms with Gasteiger partial charge >= 0.3 is 0 Å². The first-order valence-electron chi connectivity index (χ1n) is 11.1. The van der Waals surface area contributed by atoms with Crippen molar-refractivity contribution >= 4 is 12.1 Å². The molecule has 1 amide bonds. The van der Waals surface area contributed by atoms with Gasteiger partial charge in [0.25, 0.3) is 5.91 Å². The summed E-state index contributed by atoms with van der Waals surface area (Å²) in [7, 11) is 0. The zero-order valence-corrected chi connectivity index (χ0v) is 18.9. The van der Waals surface area contributed by atoms with Crippen LogP contribution in [-0.2, 0) is 5.41 Å². The third kappa shape index (κ3) is 8.40. The second kappa shape index (κ2) is 12.2. The van der Waals surface area contributed by atoms with Crippen molar-refractivity contribution in [2.45, 2.75) is 71.6 Å². The van der Waals surface area contributed by atoms with Crippen molar-refractivity contribution in [1.29, 1.82) is 0 Å². The van der Waals surface area contributed by atoms with E-state index in [0.717, 1.165) is 24.3 Å². The summed E-state index contributed by atoms with van der Waals surface area (Å²) in [5.74, 6) is 0.647. The zero-order valence-electron chi connectivity index (χ0n) is 18.9. The van der Waals surface area contributed by atoms with Crippen molar-refractivity contribution in [2.75, 3.05) is 6.61 Å². The van der Waals surface area contributed by atoms with Gasteiger partial charge in [-0.25, -0.2) is 5.43 Å². The maximum atomic E-state index is 12.2. The van der Waals surface area contributed by atoms with E-state index in [1.54, 1.807) is 6.21 Å². The summed E-state index contributed by atoms with van der Waals surface area (Å²) in [5, 5.41) is 4.06. The number of nitrogens with zero attached hydrogens (tertiary/aromatic N) is 1. The van der Waals surface area contributed by atoms with Gasteiger partial charge in [0.2, 0.25) is 0 Å². The molecule has 30 heavy (non-hydrogen) atoms. The fourth-order valence-corrected chi connectivity index (χ4v) is 3.07. The Balaban J connectivity index is 1.74. The number of nitrogens with one attached hydrogen (secondary N) is 1. The quantitative estimate of drug-likeness (QED) is 0.262. The Labute approximate surface area is 181 Å². The molecule has 0 heterocycles. The highest BCUT2D eigenvalue weighted by Gasteiger charge is 2.14. The van der Waals surface area contributed by atoms with E-state index in [1.807, 2.05) is 48.5 Å². The van der Waals surface area contributed by atoms with E-state index in [9.17, 15) is 4.79 Å². The predicted octanol–water partition coefficient (Wildman–Crippen LogP) is 6.49. The first-order valence-corrected chi connectivity index (χ1v) is 11.1. The van der Waals surface area contributed by atoms with Crippen LogP contribution in [0.4, 0.5) is 0 Å². The van der Waals surface area contributed by atoms with Gasteiger partial charge in [-0.15, -0.1) is 0 Å². The van der Waals surface area contributed by atoms with Crippen LogP contribution in [0.5, 0.6) is 5.75 Å². The standard InChI is InChI=1S/C26H36N2O2/c1-5-6-7-8-9-10-19-30-24-17-11-21(12-18-24)20-27-28-25(29)22-13-15-23(16-14-22)26(2,3)4/h11-18,20H,5-10,19H2,1-4H3,(H,28,29). The molecule has 0 aliphatic rings. The van der Waals surface area contributed by atoms with Gasteiger partial charge in [-0.2, -0.15) is 5.10 Å². The van der Waals surface area contributed by atoms with Crippen molar-refractivity contribution in [3.63, 3.8) is 0 Å². The van der Waals surface area contributed by atoms with E-state index in [4.69, 9.17) is 4.74 Å². The van der Waals surface area contributed by atoms with E-state index in [-0.39, 0.29) is 11.3 Å². The van der Waals surface area contributed by atoms with Gasteiger partial charge in [-0.1, -0.05) is 71.9 Å². The van der Waals surface area contributed by atoms with Crippen molar-refractivity contribution in [3.05, 3.63) is 65.2 Å². The summed E-state index contributed by atoms with van der Waals surface area (Å²) in [4.78, 5) is 12.2. The molecule has 1 N–H and O–H groups in total. The van der Waals surface area contributed by atoms with Crippen LogP contribution in [0.3, 0.4) is 0 Å². The molecule has 0 atom stereocenters. The van der Waals surface area contributed by atoms with E-state index in [1.165, 1.54) is 37.7 Å². The highest BCUT2D eigenvalue weighted by molar-refractivity contribution is 5.94. The second-order valence-corrected chi connectivity index (χ2v) is 8.71. The van der Waals surface area contributed by atoms with Gasteiger partial charge in [0.05, 0.1) is 12.8 Å². The molecular formula is C26H36N2O2. The molecule has 0 bridgehead atoms. The van der Waals surface area contributed by atoms with Crippen LogP contribution < -0.4 is 10.2 Å². The molecule has 0 saturated heterocycles. The molecule has 0 fully saturated rings. The van der Waals surface area contributed by atoms with E-state index >= 15 is 0 Å². The Morgan fingerprint density at radius 2 is 1.57 bits per heavy atom. The maximum absolute atomic E-state index is 12.2. The summed E-state index contributed by atoms with van der Waals surface area (Å²) in [5.41, 5.74) is 5.35. The minimum atomic E-state index is -0.217. The second-order valence-electron chi connectivity index (χ2n) is 8.71. The number of amides is 1. The lowest BCUT2D eigenvalue weighted by Gasteiger charge is -2.18. The molecule has 162 valence electrons. The lowest BCUT2D eigenvalue weighted by Crippen LogP contribution is -2.18. The third-order valence-corrected chi connectivity index (χ3v) is 5.04. The summed E-state index contributed by atoms with van der Waals surface area (Å²) in [6.45, 7) is 9.44. The minimum Gasteiger partial charge on any atom is -0.494 e. The fraction of sp³-hybridized carbons (Fsp3) is 0.462. The van der Waals surface area contributed by atoms with Crippen LogP contribution in [0.2, 0.25) is 0 Å². The number of carbonyl (C=O) groups excluding carboxylic acids is 1. The van der Waals surface area contributed by atoms with E-state index in [2.05, 4.69) is 38.2 Å². The maximum Gasteiger partial charge on any atom is 0.271 e. The number of benzene rings is 2. The monoisotopic (exact) mass is 408 g/mol. The molecule has 2 aromatic rings. The van der Waals surface area contributed by atoms with Crippen LogP contribution in [0, 0.1) is 0 Å². The molecular weight excluding hydrogens is 372 g/mol. The van der Waals surface area contributed by atoms with Crippen LogP contribution in [0.25, 0.3) is 0 Å². The first kappa shape index (κ1) is 23.7. The molecule has 4 heteroatoms. The fourth-order valence-electron chi connectivity index (χ4n) is 3.07. The largest absolute Gasteiger partial charge is 0.494 e. The van der Waals surface area contributed by atoms with Crippen LogP contribution >= 0.6 is 0 Å². The molecule has 0 spiro atoms. The van der Waals surface area contributed by atoms with Gasteiger partial charge in [0.15, 0.2) is 0 Å². The van der Waals surface area contributed by atoms with Gasteiger partial charge < -0.3 is 4.74 Å². The zero-order chi connectivity index (χ0) is 21.8. The molecule has 2 rings (SSSR count). The summed E-state index contributed by atoms with van der Waals surface area (Å²) in [6.07, 6.45) is 9.18. The van der Waals surface area contributed by atoms with Crippen LogP contribution in [-0.4, -0.2) is 18.7 Å². The average Bonchev–Trinajstić information content (AvgIpc) is 2.73. The predicted molar refractivity (Wildman–Crippen MR) is 126 cm³/mol. The summed E-state index contributed by atoms with van der Waals surface area (Å²) >= 11 is 0. The van der Waals surface area contributed by atoms with Gasteiger partial charge in [0.1, 0.15) is 5.75 Å². The molecule has 0 radical (unpaired) electrons. The highest BCUT2D eigenvalue weighted by atomic mass is 16.5. The van der Waals surface area contributed by atoms with Gasteiger partial charge in [-0.3, -0.25) is 4.79 Å². The Hall–Kier alpha value is -2.62. The topological polar surface area (TPSA) is 50.7 Å². The summed E-state index contributed by atoms with van der Waals surface area (Å²) in [6, 6.07) is 15.4. The molecule has 0 aromatic heterocycles. The smallest absolute Gasteiger partial charge is 0.271 e. The highest BCUT2D eigenvalue weighted by Crippen LogP contribution is 2.22. The van der Waals surface area contributed by atoms with Crippen molar-refractivity contribution in [2.24, 2.45) is 5.10 Å². The Morgan fingerprint density at radius 3 is 2.20 bits per heavy atom. The minimum absolute atomic E-state index is 0.0671. The number of unbranched alkanes of at least 4 members (excludes halogenated alkanes) is 5. The van der Waals surface area contributed by atoms with Gasteiger partial charge in [-0.05, 0) is 59.4 Å². The number of hydrogen-bond donors (Lipinski definition) is 1. The normalized spacial score (nSPS) is 11.6. The number of ether oxygens (including phenoxy) is 1. The number of rotatable bonds is 11. The van der Waals surface area contributed by atoms with E-state index < -0.39 is 0 Å². The van der Waals surface area contributed by atoms with Crippen LogP contribution in [0.15, 0.2) is 53.6 Å². The number of hydrogen-bond acceptors (Lipinski definition) is 3. The van der Waals surface area contributed by atoms with Crippen molar-refractivity contribution < 1.29 is 9.53 Å². The SMILES string of the molecule is CCCCCCCCOc1ccc(C=NNC(=O)c2ccc(C(C)(C)C)cc2)cc1. The Bertz CT molecular complexity index is 787. The molecule has 0 saturated carbocycles. The van der Waals surface area contributed by atoms with Crippen molar-refractivity contribution in [1.82, 2.24) is 5.43 Å². The summed E-state index contributed by atoms with van der Waals surface area (Å²) < 4.78 is 5.79. The first-order chi connectivity index (χ1) is 14.4. The van der Waals surface area contributed by atoms with Gasteiger partial charge in [0, 0.05) is 5.56 Å². The molecule has 4 nitrogen and oxygen atoms in total. The Kier molecular flexibility index (Phi) is 9.59. The molecule has 0 aliphatic carbocycles. The molecule has 2 aromatic carbocycles. The number of carbonyl (C=O) groups is 1. The van der Waals surface area contributed by atoms with E-state index in [0.29, 0.717) is 5.56 Å². The lowest BCUT2D eigenvalue weighted by molar-refractivity contribution is 0.0955. The van der Waals surface area contributed by atoms with Crippen molar-refractivity contribution in [3.8, 4) is 5.75 Å². The van der Waals surface area contributed by atoms with Crippen LogP contribution in [0.1, 0.15) is 87.7 Å². The third-order valence-electron chi connectivity index (χ3n) is 5.04.